The van der Waals surface area contributed by atoms with Crippen LogP contribution in [0.3, 0.4) is 0 Å². The molecule has 0 aliphatic rings. The van der Waals surface area contributed by atoms with Crippen molar-refractivity contribution in [2.45, 2.75) is 304 Å². The second-order valence-electron chi connectivity index (χ2n) is 19.2. The summed E-state index contributed by atoms with van der Waals surface area (Å²) in [6.07, 6.45) is 48.1. The molecule has 0 saturated heterocycles. The van der Waals surface area contributed by atoms with E-state index in [0.29, 0.717) is 19.3 Å². The van der Waals surface area contributed by atoms with Crippen molar-refractivity contribution in [3.63, 3.8) is 0 Å². The van der Waals surface area contributed by atoms with E-state index in [9.17, 15) is 14.4 Å². The first-order valence-electron chi connectivity index (χ1n) is 26.8. The fourth-order valence-corrected chi connectivity index (χ4v) is 8.13. The predicted octanol–water partition coefficient (Wildman–Crippen LogP) is 17.3. The van der Waals surface area contributed by atoms with Crippen molar-refractivity contribution < 1.29 is 28.6 Å². The maximum atomic E-state index is 12.8. The second kappa shape index (κ2) is 46.9. The van der Waals surface area contributed by atoms with Gasteiger partial charge in [0.1, 0.15) is 13.2 Å². The third kappa shape index (κ3) is 45.9. The third-order valence-corrected chi connectivity index (χ3v) is 12.6. The number of hydrogen-bond donors (Lipinski definition) is 0. The molecule has 0 aromatic rings. The molecule has 0 aliphatic heterocycles. The molecule has 0 radical (unpaired) electrons. The average molecular weight is 849 g/mol. The van der Waals surface area contributed by atoms with Gasteiger partial charge in [0.15, 0.2) is 6.10 Å². The molecule has 0 aliphatic carbocycles. The summed E-state index contributed by atoms with van der Waals surface area (Å²) < 4.78 is 16.8. The van der Waals surface area contributed by atoms with Crippen molar-refractivity contribution in [2.24, 2.45) is 11.8 Å². The zero-order valence-corrected chi connectivity index (χ0v) is 41.1. The molecule has 0 fully saturated rings. The highest BCUT2D eigenvalue weighted by Crippen LogP contribution is 2.18. The molecule has 0 saturated carbocycles. The van der Waals surface area contributed by atoms with Crippen LogP contribution in [0.5, 0.6) is 0 Å². The van der Waals surface area contributed by atoms with E-state index in [1.165, 1.54) is 186 Å². The van der Waals surface area contributed by atoms with E-state index in [1.807, 2.05) is 0 Å². The minimum absolute atomic E-state index is 0.0641. The standard InChI is InChI=1S/C54H104O6/c1-6-8-9-10-11-22-29-34-39-44-52(55)58-47-51(48-59-53(56)45-40-35-30-26-25-28-33-38-43-50(5)7-2)60-54(57)46-41-36-31-24-21-19-17-15-13-12-14-16-18-20-23-27-32-37-42-49(3)4/h49-51H,6-48H2,1-5H3/t50?,51-/m0/s1. The SMILES string of the molecule is CCCCCCCCCCCC(=O)OC[C@@H](COC(=O)CCCCCCCCCCC(C)CC)OC(=O)CCCCCCCCCCCCCCCCCCCCC(C)C. The summed E-state index contributed by atoms with van der Waals surface area (Å²) in [5.74, 6) is 0.856. The number of rotatable bonds is 48. The molecule has 60 heavy (non-hydrogen) atoms. The van der Waals surface area contributed by atoms with E-state index in [4.69, 9.17) is 14.2 Å². The van der Waals surface area contributed by atoms with E-state index >= 15 is 0 Å². The minimum atomic E-state index is -0.761. The Hall–Kier alpha value is -1.59. The average Bonchev–Trinajstić information content (AvgIpc) is 3.23. The lowest BCUT2D eigenvalue weighted by Crippen LogP contribution is -2.30. The van der Waals surface area contributed by atoms with Gasteiger partial charge >= 0.3 is 17.9 Å². The Morgan fingerprint density at radius 2 is 0.633 bits per heavy atom. The Labute approximate surface area is 374 Å². The summed E-state index contributed by atoms with van der Waals surface area (Å²) in [5, 5.41) is 0. The van der Waals surface area contributed by atoms with Gasteiger partial charge in [-0.15, -0.1) is 0 Å². The smallest absolute Gasteiger partial charge is 0.306 e. The van der Waals surface area contributed by atoms with Gasteiger partial charge in [-0.3, -0.25) is 14.4 Å². The van der Waals surface area contributed by atoms with E-state index < -0.39 is 6.10 Å². The summed E-state index contributed by atoms with van der Waals surface area (Å²) in [6.45, 7) is 11.4. The largest absolute Gasteiger partial charge is 0.462 e. The van der Waals surface area contributed by atoms with Crippen molar-refractivity contribution in [2.75, 3.05) is 13.2 Å². The Morgan fingerprint density at radius 3 is 0.950 bits per heavy atom. The van der Waals surface area contributed by atoms with Gasteiger partial charge < -0.3 is 14.2 Å². The van der Waals surface area contributed by atoms with Gasteiger partial charge in [-0.25, -0.2) is 0 Å². The van der Waals surface area contributed by atoms with Gasteiger partial charge in [0.05, 0.1) is 0 Å². The van der Waals surface area contributed by atoms with Crippen LogP contribution in [0.4, 0.5) is 0 Å². The van der Waals surface area contributed by atoms with Gasteiger partial charge in [-0.2, -0.15) is 0 Å². The number of ether oxygens (including phenoxy) is 3. The van der Waals surface area contributed by atoms with Crippen molar-refractivity contribution in [1.82, 2.24) is 0 Å². The maximum Gasteiger partial charge on any atom is 0.306 e. The van der Waals surface area contributed by atoms with Crippen LogP contribution in [0, 0.1) is 11.8 Å². The number of unbranched alkanes of at least 4 members (excludes halogenated alkanes) is 32. The van der Waals surface area contributed by atoms with Crippen LogP contribution >= 0.6 is 0 Å². The highest BCUT2D eigenvalue weighted by atomic mass is 16.6. The summed E-state index contributed by atoms with van der Waals surface area (Å²) in [7, 11) is 0. The lowest BCUT2D eigenvalue weighted by atomic mass is 9.99. The van der Waals surface area contributed by atoms with Crippen LogP contribution in [0.25, 0.3) is 0 Å². The summed E-state index contributed by atoms with van der Waals surface area (Å²) in [4.78, 5) is 37.9. The van der Waals surface area contributed by atoms with Crippen LogP contribution in [-0.4, -0.2) is 37.2 Å². The molecule has 0 amide bonds. The first-order valence-corrected chi connectivity index (χ1v) is 26.8. The predicted molar refractivity (Wildman–Crippen MR) is 256 cm³/mol. The van der Waals surface area contributed by atoms with Crippen molar-refractivity contribution in [3.05, 3.63) is 0 Å². The highest BCUT2D eigenvalue weighted by Gasteiger charge is 2.19. The van der Waals surface area contributed by atoms with Crippen LogP contribution in [0.1, 0.15) is 298 Å². The molecule has 0 aromatic carbocycles. The fraction of sp³-hybridized carbons (Fsp3) is 0.944. The van der Waals surface area contributed by atoms with Crippen LogP contribution in [0.15, 0.2) is 0 Å². The van der Waals surface area contributed by atoms with Crippen LogP contribution in [0.2, 0.25) is 0 Å². The lowest BCUT2D eigenvalue weighted by Gasteiger charge is -2.18. The Bertz CT molecular complexity index is 918. The quantitative estimate of drug-likeness (QED) is 0.0345. The summed E-state index contributed by atoms with van der Waals surface area (Å²) >= 11 is 0. The van der Waals surface area contributed by atoms with Gasteiger partial charge in [0.2, 0.25) is 0 Å². The van der Waals surface area contributed by atoms with Gasteiger partial charge in [0, 0.05) is 19.3 Å². The molecule has 6 nitrogen and oxygen atoms in total. The molecule has 0 aromatic heterocycles. The van der Waals surface area contributed by atoms with Crippen LogP contribution < -0.4 is 0 Å². The van der Waals surface area contributed by atoms with E-state index in [2.05, 4.69) is 34.6 Å². The zero-order valence-electron chi connectivity index (χ0n) is 41.1. The van der Waals surface area contributed by atoms with Gasteiger partial charge in [-0.05, 0) is 31.1 Å². The Balaban J connectivity index is 4.20. The maximum absolute atomic E-state index is 12.8. The monoisotopic (exact) mass is 849 g/mol. The zero-order chi connectivity index (χ0) is 44.0. The molecule has 0 bridgehead atoms. The Kier molecular flexibility index (Phi) is 45.7. The molecular weight excluding hydrogens is 745 g/mol. The third-order valence-electron chi connectivity index (χ3n) is 12.6. The molecule has 1 unspecified atom stereocenters. The molecule has 0 spiro atoms. The molecular formula is C54H104O6. The normalized spacial score (nSPS) is 12.5. The Morgan fingerprint density at radius 1 is 0.350 bits per heavy atom. The minimum Gasteiger partial charge on any atom is -0.462 e. The topological polar surface area (TPSA) is 78.9 Å². The van der Waals surface area contributed by atoms with Crippen molar-refractivity contribution in [1.29, 1.82) is 0 Å². The van der Waals surface area contributed by atoms with E-state index in [-0.39, 0.29) is 31.1 Å². The molecule has 0 N–H and O–H groups in total. The highest BCUT2D eigenvalue weighted by molar-refractivity contribution is 5.71. The summed E-state index contributed by atoms with van der Waals surface area (Å²) in [5.41, 5.74) is 0. The first kappa shape index (κ1) is 58.4. The van der Waals surface area contributed by atoms with Gasteiger partial charge in [0.25, 0.3) is 0 Å². The number of hydrogen-bond acceptors (Lipinski definition) is 6. The number of carbonyl (C=O) groups is 3. The number of esters is 3. The lowest BCUT2D eigenvalue weighted by molar-refractivity contribution is -0.167. The number of carbonyl (C=O) groups excluding carboxylic acids is 3. The molecule has 0 rings (SSSR count). The molecule has 356 valence electrons. The first-order chi connectivity index (χ1) is 29.3. The van der Waals surface area contributed by atoms with E-state index in [1.54, 1.807) is 0 Å². The van der Waals surface area contributed by atoms with Crippen molar-refractivity contribution in [3.8, 4) is 0 Å². The molecule has 0 heterocycles. The van der Waals surface area contributed by atoms with E-state index in [0.717, 1.165) is 69.6 Å². The fourth-order valence-electron chi connectivity index (χ4n) is 8.13. The second-order valence-corrected chi connectivity index (χ2v) is 19.2. The molecule has 2 atom stereocenters. The summed E-state index contributed by atoms with van der Waals surface area (Å²) in [6, 6.07) is 0. The van der Waals surface area contributed by atoms with Crippen molar-refractivity contribution >= 4 is 17.9 Å². The van der Waals surface area contributed by atoms with Gasteiger partial charge in [-0.1, -0.05) is 259 Å². The van der Waals surface area contributed by atoms with Crippen LogP contribution in [-0.2, 0) is 28.6 Å². The molecule has 6 heteroatoms.